The summed E-state index contributed by atoms with van der Waals surface area (Å²) < 4.78 is 79.5. The number of nitrogens with one attached hydrogen (secondary N) is 2. The van der Waals surface area contributed by atoms with Crippen molar-refractivity contribution in [2.45, 2.75) is 133 Å². The fourth-order valence-electron chi connectivity index (χ4n) is 7.92. The van der Waals surface area contributed by atoms with Crippen LogP contribution in [-0.2, 0) is 29.6 Å². The van der Waals surface area contributed by atoms with Gasteiger partial charge < -0.3 is 15.3 Å². The molecule has 7 atom stereocenters. The fourth-order valence-corrected chi connectivity index (χ4v) is 10.5. The molecule has 0 aromatic carbocycles. The molecule has 12 nitrogen and oxygen atoms in total. The van der Waals surface area contributed by atoms with E-state index >= 15 is 0 Å². The molecule has 5 N–H and O–H groups in total. The third-order valence-corrected chi connectivity index (χ3v) is 13.0. The first-order chi connectivity index (χ1) is 22.5. The van der Waals surface area contributed by atoms with Crippen molar-refractivity contribution in [1.29, 1.82) is 0 Å². The van der Waals surface area contributed by atoms with Crippen molar-refractivity contribution in [3.05, 3.63) is 0 Å². The predicted molar refractivity (Wildman–Crippen MR) is 181 cm³/mol. The van der Waals surface area contributed by atoms with Crippen LogP contribution in [-0.4, -0.2) is 106 Å². The van der Waals surface area contributed by atoms with Gasteiger partial charge in [0.05, 0.1) is 23.1 Å². The first kappa shape index (κ1) is 41.0. The second kappa shape index (κ2) is 18.7. The number of hydrazine groups is 1. The van der Waals surface area contributed by atoms with Gasteiger partial charge in [-0.15, -0.1) is 4.83 Å². The van der Waals surface area contributed by atoms with Crippen LogP contribution in [0.25, 0.3) is 0 Å². The van der Waals surface area contributed by atoms with Crippen molar-refractivity contribution >= 4 is 31.9 Å². The number of halogens is 2. The molecule has 3 aliphatic carbocycles. The van der Waals surface area contributed by atoms with Crippen LogP contribution >= 0.6 is 0 Å². The number of rotatable bonds is 17. The van der Waals surface area contributed by atoms with E-state index in [1.165, 1.54) is 12.1 Å². The Morgan fingerprint density at radius 1 is 0.875 bits per heavy atom. The van der Waals surface area contributed by atoms with E-state index in [9.17, 15) is 40.3 Å². The van der Waals surface area contributed by atoms with E-state index in [0.717, 1.165) is 32.1 Å². The molecule has 2 amide bonds. The van der Waals surface area contributed by atoms with Crippen LogP contribution < -0.4 is 15.3 Å². The molecule has 3 fully saturated rings. The number of primary sulfonamides is 1. The number of carbonyl (C=O) groups excluding carboxylic acids is 2. The lowest BCUT2D eigenvalue weighted by atomic mass is 9.79. The first-order valence-corrected chi connectivity index (χ1v) is 21.1. The van der Waals surface area contributed by atoms with Crippen molar-refractivity contribution in [2.24, 2.45) is 28.8 Å². The summed E-state index contributed by atoms with van der Waals surface area (Å²) in [5, 5.41) is 19.8. The van der Waals surface area contributed by atoms with Crippen LogP contribution in [0.4, 0.5) is 8.78 Å². The Balaban J connectivity index is 1.77. The highest BCUT2D eigenvalue weighted by atomic mass is 32.2. The Labute approximate surface area is 286 Å². The standard InChI is InChI=1S/C32H59F2N5O7S2/c1-4-11-39(12-5-2)32(42)25-16-24(17-28(18-25)48(35,45)46)31(41)36-29(15-23-13-26(33)19-27(34)14-23)30(40)20-38(3)37-47(43,44)21-22-9-7-6-8-10-22/h22-30,37,40H,4-21H2,1-3H3,(H,36,41)(H2,35,45,46). The minimum atomic E-state index is -4.09. The Morgan fingerprint density at radius 3 is 2.02 bits per heavy atom. The van der Waals surface area contributed by atoms with Crippen LogP contribution in [0.2, 0.25) is 0 Å². The number of alkyl halides is 2. The summed E-state index contributed by atoms with van der Waals surface area (Å²) >= 11 is 0. The van der Waals surface area contributed by atoms with Gasteiger partial charge in [-0.25, -0.2) is 35.8 Å². The number of hydrogen-bond donors (Lipinski definition) is 4. The van der Waals surface area contributed by atoms with Crippen LogP contribution in [0.1, 0.15) is 104 Å². The first-order valence-electron chi connectivity index (χ1n) is 17.8. The van der Waals surface area contributed by atoms with Crippen molar-refractivity contribution in [3.63, 3.8) is 0 Å². The molecule has 0 radical (unpaired) electrons. The molecule has 0 bridgehead atoms. The van der Waals surface area contributed by atoms with Gasteiger partial charge in [-0.05, 0) is 76.0 Å². The maximum Gasteiger partial charge on any atom is 0.225 e. The summed E-state index contributed by atoms with van der Waals surface area (Å²) in [7, 11) is -6.34. The molecular weight excluding hydrogens is 669 g/mol. The predicted octanol–water partition coefficient (Wildman–Crippen LogP) is 2.77. The summed E-state index contributed by atoms with van der Waals surface area (Å²) in [6.45, 7) is 4.65. The Bertz CT molecular complexity index is 1240. The monoisotopic (exact) mass is 727 g/mol. The van der Waals surface area contributed by atoms with Gasteiger partial charge in [0.1, 0.15) is 12.3 Å². The highest BCUT2D eigenvalue weighted by Crippen LogP contribution is 2.35. The van der Waals surface area contributed by atoms with Crippen molar-refractivity contribution < 1.29 is 40.3 Å². The highest BCUT2D eigenvalue weighted by Gasteiger charge is 2.43. The van der Waals surface area contributed by atoms with E-state index in [2.05, 4.69) is 10.1 Å². The normalized spacial score (nSPS) is 28.9. The molecule has 280 valence electrons. The molecule has 7 unspecified atom stereocenters. The van der Waals surface area contributed by atoms with Gasteiger partial charge in [0.2, 0.25) is 31.9 Å². The molecule has 3 aliphatic rings. The van der Waals surface area contributed by atoms with E-state index in [1.807, 2.05) is 13.8 Å². The fraction of sp³-hybridized carbons (Fsp3) is 0.938. The van der Waals surface area contributed by atoms with Gasteiger partial charge in [0, 0.05) is 44.9 Å². The third kappa shape index (κ3) is 13.0. The minimum Gasteiger partial charge on any atom is -0.390 e. The van der Waals surface area contributed by atoms with Gasteiger partial charge in [-0.1, -0.05) is 33.1 Å². The molecule has 0 heterocycles. The van der Waals surface area contributed by atoms with Crippen LogP contribution in [0.15, 0.2) is 0 Å². The maximum absolute atomic E-state index is 14.3. The zero-order chi connectivity index (χ0) is 35.6. The van der Waals surface area contributed by atoms with Gasteiger partial charge in [0.25, 0.3) is 0 Å². The molecular formula is C32H59F2N5O7S2. The van der Waals surface area contributed by atoms with Crippen LogP contribution in [0.5, 0.6) is 0 Å². The van der Waals surface area contributed by atoms with E-state index < -0.39 is 73.4 Å². The minimum absolute atomic E-state index is 0.00107. The Morgan fingerprint density at radius 2 is 1.46 bits per heavy atom. The molecule has 0 aliphatic heterocycles. The highest BCUT2D eigenvalue weighted by molar-refractivity contribution is 7.89. The maximum atomic E-state index is 14.3. The smallest absolute Gasteiger partial charge is 0.225 e. The molecule has 48 heavy (non-hydrogen) atoms. The lowest BCUT2D eigenvalue weighted by molar-refractivity contribution is -0.138. The van der Waals surface area contributed by atoms with Gasteiger partial charge in [-0.3, -0.25) is 9.59 Å². The largest absolute Gasteiger partial charge is 0.390 e. The Kier molecular flexibility index (Phi) is 15.9. The van der Waals surface area contributed by atoms with Crippen LogP contribution in [0.3, 0.4) is 0 Å². The van der Waals surface area contributed by atoms with E-state index in [4.69, 9.17) is 5.14 Å². The number of hydrogen-bond acceptors (Lipinski definition) is 8. The SMILES string of the molecule is CCCN(CCC)C(=O)C1CC(C(=O)NC(CC2CC(F)CC(F)C2)C(O)CN(C)NS(=O)(=O)CC2CCCCC2)CC(S(N)(=O)=O)C1. The summed E-state index contributed by atoms with van der Waals surface area (Å²) in [5.41, 5.74) is 0. The quantitative estimate of drug-likeness (QED) is 0.165. The zero-order valence-corrected chi connectivity index (χ0v) is 30.5. The molecule has 0 saturated heterocycles. The van der Waals surface area contributed by atoms with Crippen molar-refractivity contribution in [3.8, 4) is 0 Å². The molecule has 3 saturated carbocycles. The number of nitrogens with two attached hydrogens (primary N) is 1. The average Bonchev–Trinajstić information content (AvgIpc) is 2.99. The third-order valence-electron chi connectivity index (χ3n) is 10.2. The number of sulfonamides is 2. The van der Waals surface area contributed by atoms with Crippen molar-refractivity contribution in [1.82, 2.24) is 20.1 Å². The molecule has 0 aromatic rings. The second-order valence-corrected chi connectivity index (χ2v) is 18.2. The van der Waals surface area contributed by atoms with Gasteiger partial charge in [0.15, 0.2) is 0 Å². The number of aliphatic hydroxyl groups excluding tert-OH is 1. The molecule has 16 heteroatoms. The van der Waals surface area contributed by atoms with Gasteiger partial charge in [-0.2, -0.15) is 0 Å². The average molecular weight is 728 g/mol. The molecule has 0 aromatic heterocycles. The number of nitrogens with zero attached hydrogens (tertiary/aromatic N) is 2. The summed E-state index contributed by atoms with van der Waals surface area (Å²) in [5.74, 6) is -2.96. The Hall–Kier alpha value is -1.46. The van der Waals surface area contributed by atoms with Crippen LogP contribution in [0, 0.1) is 23.7 Å². The van der Waals surface area contributed by atoms with E-state index in [1.54, 1.807) is 4.90 Å². The summed E-state index contributed by atoms with van der Waals surface area (Å²) in [6.07, 6.45) is 2.02. The number of amides is 2. The summed E-state index contributed by atoms with van der Waals surface area (Å²) in [6, 6.07) is -1.02. The lowest BCUT2D eigenvalue weighted by Gasteiger charge is -2.37. The second-order valence-electron chi connectivity index (χ2n) is 14.6. The number of likely N-dealkylation sites (N-methyl/N-ethyl adjacent to an activating group) is 1. The van der Waals surface area contributed by atoms with Crippen molar-refractivity contribution in [2.75, 3.05) is 32.4 Å². The zero-order valence-electron chi connectivity index (χ0n) is 28.9. The molecule has 3 rings (SSSR count). The lowest BCUT2D eigenvalue weighted by Crippen LogP contribution is -2.54. The number of carbonyl (C=O) groups is 2. The van der Waals surface area contributed by atoms with E-state index in [0.29, 0.717) is 25.9 Å². The van der Waals surface area contributed by atoms with E-state index in [-0.39, 0.29) is 69.1 Å². The number of aliphatic hydroxyl groups is 1. The summed E-state index contributed by atoms with van der Waals surface area (Å²) in [4.78, 5) is 31.5. The molecule has 0 spiro atoms. The topological polar surface area (TPSA) is 179 Å². The van der Waals surface area contributed by atoms with Gasteiger partial charge >= 0.3 is 0 Å².